The van der Waals surface area contributed by atoms with E-state index in [0.29, 0.717) is 18.8 Å². The van der Waals surface area contributed by atoms with E-state index in [4.69, 9.17) is 5.11 Å². The van der Waals surface area contributed by atoms with Crippen molar-refractivity contribution in [2.45, 2.75) is 6.54 Å². The summed E-state index contributed by atoms with van der Waals surface area (Å²) in [5.74, 6) is -0.168. The molecule has 19 heavy (non-hydrogen) atoms. The first-order valence-corrected chi connectivity index (χ1v) is 6.12. The molecular formula is C14H17N3O2. The number of rotatable bonds is 5. The minimum absolute atomic E-state index is 0.0641. The first kappa shape index (κ1) is 13.3. The number of carbonyl (C=O) groups excluding carboxylic acids is 1. The maximum atomic E-state index is 12.3. The van der Waals surface area contributed by atoms with E-state index in [0.717, 1.165) is 5.56 Å². The minimum atomic E-state index is -0.168. The Morgan fingerprint density at radius 2 is 2.11 bits per heavy atom. The van der Waals surface area contributed by atoms with E-state index in [2.05, 4.69) is 4.98 Å². The van der Waals surface area contributed by atoms with E-state index in [1.54, 1.807) is 22.0 Å². The van der Waals surface area contributed by atoms with Gasteiger partial charge < -0.3 is 14.6 Å². The van der Waals surface area contributed by atoms with Crippen molar-refractivity contribution in [2.75, 3.05) is 13.2 Å². The number of hydrogen-bond acceptors (Lipinski definition) is 3. The monoisotopic (exact) mass is 259 g/mol. The highest BCUT2D eigenvalue weighted by atomic mass is 16.3. The second-order valence-electron chi connectivity index (χ2n) is 4.36. The van der Waals surface area contributed by atoms with Gasteiger partial charge in [0.25, 0.3) is 5.91 Å². The summed E-state index contributed by atoms with van der Waals surface area (Å²) in [7, 11) is 1.82. The van der Waals surface area contributed by atoms with Gasteiger partial charge in [0.2, 0.25) is 0 Å². The highest BCUT2D eigenvalue weighted by Gasteiger charge is 2.17. The predicted molar refractivity (Wildman–Crippen MR) is 71.5 cm³/mol. The predicted octanol–water partition coefficient (Wildman–Crippen LogP) is 1.05. The van der Waals surface area contributed by atoms with Crippen molar-refractivity contribution < 1.29 is 9.90 Å². The largest absolute Gasteiger partial charge is 0.395 e. The van der Waals surface area contributed by atoms with Crippen molar-refractivity contribution in [1.29, 1.82) is 0 Å². The zero-order valence-corrected chi connectivity index (χ0v) is 10.9. The zero-order valence-electron chi connectivity index (χ0n) is 10.9. The van der Waals surface area contributed by atoms with Crippen LogP contribution in [0.4, 0.5) is 0 Å². The molecule has 5 nitrogen and oxygen atoms in total. The lowest BCUT2D eigenvalue weighted by atomic mass is 10.2. The Morgan fingerprint density at radius 1 is 1.37 bits per heavy atom. The Labute approximate surface area is 112 Å². The van der Waals surface area contributed by atoms with Crippen LogP contribution in [0.5, 0.6) is 0 Å². The number of imidazole rings is 1. The number of aryl methyl sites for hydroxylation is 1. The Morgan fingerprint density at radius 3 is 2.68 bits per heavy atom. The lowest BCUT2D eigenvalue weighted by Gasteiger charge is -2.20. The Kier molecular flexibility index (Phi) is 4.30. The van der Waals surface area contributed by atoms with Gasteiger partial charge in [-0.3, -0.25) is 4.79 Å². The van der Waals surface area contributed by atoms with Gasteiger partial charge in [-0.05, 0) is 5.56 Å². The van der Waals surface area contributed by atoms with Gasteiger partial charge in [-0.2, -0.15) is 0 Å². The van der Waals surface area contributed by atoms with Crippen LogP contribution in [-0.2, 0) is 13.6 Å². The molecule has 0 atom stereocenters. The van der Waals surface area contributed by atoms with Gasteiger partial charge in [0.1, 0.15) is 5.69 Å². The molecule has 1 amide bonds. The van der Waals surface area contributed by atoms with E-state index in [1.807, 2.05) is 37.4 Å². The fourth-order valence-corrected chi connectivity index (χ4v) is 1.86. The van der Waals surface area contributed by atoms with Crippen LogP contribution in [0.15, 0.2) is 42.9 Å². The van der Waals surface area contributed by atoms with Crippen molar-refractivity contribution >= 4 is 5.91 Å². The summed E-state index contributed by atoms with van der Waals surface area (Å²) >= 11 is 0. The molecule has 0 saturated heterocycles. The lowest BCUT2D eigenvalue weighted by molar-refractivity contribution is 0.0702. The van der Waals surface area contributed by atoms with E-state index in [9.17, 15) is 4.79 Å². The van der Waals surface area contributed by atoms with Gasteiger partial charge >= 0.3 is 0 Å². The minimum Gasteiger partial charge on any atom is -0.395 e. The molecule has 0 aliphatic rings. The van der Waals surface area contributed by atoms with Crippen molar-refractivity contribution in [2.24, 2.45) is 7.05 Å². The van der Waals surface area contributed by atoms with E-state index in [-0.39, 0.29) is 12.5 Å². The summed E-state index contributed by atoms with van der Waals surface area (Å²) in [5, 5.41) is 9.10. The molecule has 0 aliphatic carbocycles. The average molecular weight is 259 g/mol. The summed E-state index contributed by atoms with van der Waals surface area (Å²) in [5.41, 5.74) is 1.42. The summed E-state index contributed by atoms with van der Waals surface area (Å²) in [6.45, 7) is 0.701. The molecule has 0 saturated carbocycles. The summed E-state index contributed by atoms with van der Waals surface area (Å²) < 4.78 is 1.73. The number of amides is 1. The van der Waals surface area contributed by atoms with Crippen molar-refractivity contribution in [3.05, 3.63) is 54.1 Å². The normalized spacial score (nSPS) is 10.4. The number of aromatic nitrogens is 2. The van der Waals surface area contributed by atoms with Crippen molar-refractivity contribution in [3.8, 4) is 0 Å². The fraction of sp³-hybridized carbons (Fsp3) is 0.286. The van der Waals surface area contributed by atoms with Crippen LogP contribution in [0, 0.1) is 0 Å². The van der Waals surface area contributed by atoms with Crippen LogP contribution in [0.1, 0.15) is 16.1 Å². The van der Waals surface area contributed by atoms with Gasteiger partial charge in [-0.15, -0.1) is 0 Å². The maximum Gasteiger partial charge on any atom is 0.274 e. The third-order valence-corrected chi connectivity index (χ3v) is 2.80. The Hall–Kier alpha value is -2.14. The maximum absolute atomic E-state index is 12.3. The smallest absolute Gasteiger partial charge is 0.274 e. The highest BCUT2D eigenvalue weighted by molar-refractivity contribution is 5.92. The van der Waals surface area contributed by atoms with Crippen LogP contribution in [0.25, 0.3) is 0 Å². The quantitative estimate of drug-likeness (QED) is 0.873. The molecular weight excluding hydrogens is 242 g/mol. The molecule has 0 fully saturated rings. The standard InChI is InChI=1S/C14H17N3O2/c1-16-10-13(15-11-16)14(19)17(7-8-18)9-12-5-3-2-4-6-12/h2-6,10-11,18H,7-9H2,1H3. The number of aliphatic hydroxyl groups excluding tert-OH is 1. The van der Waals surface area contributed by atoms with Gasteiger partial charge in [-0.25, -0.2) is 4.98 Å². The Balaban J connectivity index is 2.13. The third-order valence-electron chi connectivity index (χ3n) is 2.80. The number of aliphatic hydroxyl groups is 1. The topological polar surface area (TPSA) is 58.4 Å². The van der Waals surface area contributed by atoms with Crippen LogP contribution < -0.4 is 0 Å². The highest BCUT2D eigenvalue weighted by Crippen LogP contribution is 2.08. The second kappa shape index (κ2) is 6.15. The number of benzene rings is 1. The molecule has 2 rings (SSSR count). The van der Waals surface area contributed by atoms with Crippen molar-refractivity contribution in [1.82, 2.24) is 14.5 Å². The molecule has 100 valence electrons. The molecule has 5 heteroatoms. The Bertz CT molecular complexity index is 537. The van der Waals surface area contributed by atoms with Gasteiger partial charge in [-0.1, -0.05) is 30.3 Å². The molecule has 0 radical (unpaired) electrons. The molecule has 0 bridgehead atoms. The van der Waals surface area contributed by atoms with E-state index in [1.165, 1.54) is 0 Å². The number of hydrogen-bond donors (Lipinski definition) is 1. The van der Waals surface area contributed by atoms with Gasteiger partial charge in [0.05, 0.1) is 12.9 Å². The fourth-order valence-electron chi connectivity index (χ4n) is 1.86. The average Bonchev–Trinajstić information content (AvgIpc) is 2.85. The first-order valence-electron chi connectivity index (χ1n) is 6.12. The first-order chi connectivity index (χ1) is 9.20. The summed E-state index contributed by atoms with van der Waals surface area (Å²) in [6.07, 6.45) is 3.27. The van der Waals surface area contributed by atoms with Gasteiger partial charge in [0, 0.05) is 26.3 Å². The molecule has 1 aromatic heterocycles. The van der Waals surface area contributed by atoms with Crippen molar-refractivity contribution in [3.63, 3.8) is 0 Å². The van der Waals surface area contributed by atoms with E-state index >= 15 is 0 Å². The third kappa shape index (κ3) is 3.42. The van der Waals surface area contributed by atoms with Crippen LogP contribution in [0.3, 0.4) is 0 Å². The molecule has 0 aliphatic heterocycles. The number of carbonyl (C=O) groups is 1. The van der Waals surface area contributed by atoms with Gasteiger partial charge in [0.15, 0.2) is 0 Å². The molecule has 1 heterocycles. The zero-order chi connectivity index (χ0) is 13.7. The van der Waals surface area contributed by atoms with Crippen LogP contribution >= 0.6 is 0 Å². The molecule has 0 unspecified atom stereocenters. The molecule has 1 N–H and O–H groups in total. The van der Waals surface area contributed by atoms with Crippen LogP contribution in [0.2, 0.25) is 0 Å². The van der Waals surface area contributed by atoms with E-state index < -0.39 is 0 Å². The number of nitrogens with zero attached hydrogens (tertiary/aromatic N) is 3. The molecule has 2 aromatic rings. The molecule has 1 aromatic carbocycles. The summed E-state index contributed by atoms with van der Waals surface area (Å²) in [6, 6.07) is 9.70. The van der Waals surface area contributed by atoms with Crippen LogP contribution in [-0.4, -0.2) is 38.6 Å². The SMILES string of the molecule is Cn1cnc(C(=O)N(CCO)Cc2ccccc2)c1. The summed E-state index contributed by atoms with van der Waals surface area (Å²) in [4.78, 5) is 17.9. The second-order valence-corrected chi connectivity index (χ2v) is 4.36. The lowest BCUT2D eigenvalue weighted by Crippen LogP contribution is -2.33. The molecule has 0 spiro atoms.